The highest BCUT2D eigenvalue weighted by molar-refractivity contribution is 6.12. The molecule has 3 nitrogen and oxygen atoms in total. The van der Waals surface area contributed by atoms with E-state index in [-0.39, 0.29) is 5.78 Å². The second-order valence-electron chi connectivity index (χ2n) is 3.77. The Bertz CT molecular complexity index is 588. The molecular weight excluding hydrogens is 228 g/mol. The molecule has 0 fully saturated rings. The first-order chi connectivity index (χ1) is 8.76. The lowest BCUT2D eigenvalue weighted by atomic mass is 9.99. The highest BCUT2D eigenvalue weighted by atomic mass is 16.5. The quantitative estimate of drug-likeness (QED) is 0.609. The van der Waals surface area contributed by atoms with Crippen LogP contribution in [-0.4, -0.2) is 19.2 Å². The van der Waals surface area contributed by atoms with Crippen LogP contribution in [0, 0.1) is 0 Å². The fourth-order valence-electron chi connectivity index (χ4n) is 1.73. The maximum absolute atomic E-state index is 12.3. The molecular formula is C15H12O3. The van der Waals surface area contributed by atoms with Crippen LogP contribution in [0.4, 0.5) is 0 Å². The molecule has 0 heterocycles. The van der Waals surface area contributed by atoms with Gasteiger partial charge in [0.15, 0.2) is 12.1 Å². The van der Waals surface area contributed by atoms with E-state index in [1.165, 1.54) is 0 Å². The molecule has 0 radical (unpaired) electrons. The SMILES string of the molecule is COc1cccc(C(=O)c2ccccc2C=O)c1. The Kier molecular flexibility index (Phi) is 3.53. The van der Waals surface area contributed by atoms with E-state index in [9.17, 15) is 9.59 Å². The van der Waals surface area contributed by atoms with Gasteiger partial charge in [-0.05, 0) is 12.1 Å². The standard InChI is InChI=1S/C15H12O3/c1-18-13-7-4-6-11(9-13)15(17)14-8-3-2-5-12(14)10-16/h2-10H,1H3. The highest BCUT2D eigenvalue weighted by Gasteiger charge is 2.13. The van der Waals surface area contributed by atoms with Gasteiger partial charge in [0, 0.05) is 16.7 Å². The van der Waals surface area contributed by atoms with Crippen LogP contribution in [0.5, 0.6) is 5.75 Å². The van der Waals surface area contributed by atoms with Crippen LogP contribution in [0.25, 0.3) is 0 Å². The first-order valence-corrected chi connectivity index (χ1v) is 5.49. The van der Waals surface area contributed by atoms with Gasteiger partial charge in [0.1, 0.15) is 5.75 Å². The van der Waals surface area contributed by atoms with Crippen molar-refractivity contribution in [1.29, 1.82) is 0 Å². The van der Waals surface area contributed by atoms with Crippen molar-refractivity contribution in [3.05, 3.63) is 65.2 Å². The van der Waals surface area contributed by atoms with Crippen molar-refractivity contribution in [2.75, 3.05) is 7.11 Å². The van der Waals surface area contributed by atoms with Crippen molar-refractivity contribution < 1.29 is 14.3 Å². The lowest BCUT2D eigenvalue weighted by Gasteiger charge is -2.05. The molecule has 0 spiro atoms. The molecule has 0 aromatic heterocycles. The summed E-state index contributed by atoms with van der Waals surface area (Å²) in [6.45, 7) is 0. The predicted molar refractivity (Wildman–Crippen MR) is 68.3 cm³/mol. The summed E-state index contributed by atoms with van der Waals surface area (Å²) in [5.74, 6) is 0.432. The third-order valence-electron chi connectivity index (χ3n) is 2.66. The molecule has 3 heteroatoms. The molecule has 0 aliphatic rings. The second kappa shape index (κ2) is 5.27. The van der Waals surface area contributed by atoms with Gasteiger partial charge in [0.2, 0.25) is 0 Å². The minimum absolute atomic E-state index is 0.184. The number of carbonyl (C=O) groups excluding carboxylic acids is 2. The van der Waals surface area contributed by atoms with Gasteiger partial charge in [0.05, 0.1) is 7.11 Å². The monoisotopic (exact) mass is 240 g/mol. The van der Waals surface area contributed by atoms with E-state index in [0.717, 1.165) is 0 Å². The Hall–Kier alpha value is -2.42. The summed E-state index contributed by atoms with van der Waals surface area (Å²) in [6.07, 6.45) is 0.688. The fraction of sp³-hybridized carbons (Fsp3) is 0.0667. The average Bonchev–Trinajstić information content (AvgIpc) is 2.46. The molecule has 0 aliphatic heterocycles. The van der Waals surface area contributed by atoms with Gasteiger partial charge >= 0.3 is 0 Å². The molecule has 0 bridgehead atoms. The van der Waals surface area contributed by atoms with Gasteiger partial charge in [0.25, 0.3) is 0 Å². The molecule has 0 saturated heterocycles. The first-order valence-electron chi connectivity index (χ1n) is 5.49. The topological polar surface area (TPSA) is 43.4 Å². The fourth-order valence-corrected chi connectivity index (χ4v) is 1.73. The van der Waals surface area contributed by atoms with Crippen LogP contribution in [0.3, 0.4) is 0 Å². The Balaban J connectivity index is 2.44. The van der Waals surface area contributed by atoms with Crippen LogP contribution in [-0.2, 0) is 0 Å². The van der Waals surface area contributed by atoms with Gasteiger partial charge < -0.3 is 4.74 Å². The number of methoxy groups -OCH3 is 1. The zero-order valence-electron chi connectivity index (χ0n) is 9.92. The summed E-state index contributed by atoms with van der Waals surface area (Å²) in [7, 11) is 1.54. The molecule has 2 rings (SSSR count). The van der Waals surface area contributed by atoms with Crippen molar-refractivity contribution in [2.45, 2.75) is 0 Å². The number of benzene rings is 2. The summed E-state index contributed by atoms with van der Waals surface area (Å²) in [4.78, 5) is 23.2. The Morgan fingerprint density at radius 1 is 1.11 bits per heavy atom. The number of hydrogen-bond donors (Lipinski definition) is 0. The smallest absolute Gasteiger partial charge is 0.193 e. The summed E-state index contributed by atoms with van der Waals surface area (Å²) in [6, 6.07) is 13.6. The molecule has 0 atom stereocenters. The Morgan fingerprint density at radius 3 is 2.61 bits per heavy atom. The van der Waals surface area contributed by atoms with Crippen molar-refractivity contribution in [2.24, 2.45) is 0 Å². The number of aldehydes is 1. The van der Waals surface area contributed by atoms with Crippen LogP contribution >= 0.6 is 0 Å². The van der Waals surface area contributed by atoms with E-state index in [0.29, 0.717) is 28.7 Å². The largest absolute Gasteiger partial charge is 0.497 e. The molecule has 2 aromatic rings. The number of hydrogen-bond acceptors (Lipinski definition) is 3. The number of ether oxygens (including phenoxy) is 1. The summed E-state index contributed by atoms with van der Waals surface area (Å²) in [5.41, 5.74) is 1.30. The highest BCUT2D eigenvalue weighted by Crippen LogP contribution is 2.17. The van der Waals surface area contributed by atoms with Gasteiger partial charge in [-0.25, -0.2) is 0 Å². The van der Waals surface area contributed by atoms with Gasteiger partial charge in [-0.1, -0.05) is 36.4 Å². The van der Waals surface area contributed by atoms with Gasteiger partial charge in [-0.3, -0.25) is 9.59 Å². The van der Waals surface area contributed by atoms with Crippen molar-refractivity contribution in [3.63, 3.8) is 0 Å². The van der Waals surface area contributed by atoms with Crippen molar-refractivity contribution in [1.82, 2.24) is 0 Å². The van der Waals surface area contributed by atoms with Crippen molar-refractivity contribution >= 4 is 12.1 Å². The van der Waals surface area contributed by atoms with Gasteiger partial charge in [-0.2, -0.15) is 0 Å². The zero-order valence-corrected chi connectivity index (χ0v) is 9.92. The average molecular weight is 240 g/mol. The zero-order chi connectivity index (χ0) is 13.0. The summed E-state index contributed by atoms with van der Waals surface area (Å²) < 4.78 is 5.08. The van der Waals surface area contributed by atoms with E-state index in [2.05, 4.69) is 0 Å². The lowest BCUT2D eigenvalue weighted by molar-refractivity contribution is 0.102. The third-order valence-corrected chi connectivity index (χ3v) is 2.66. The van der Waals surface area contributed by atoms with E-state index < -0.39 is 0 Å². The number of carbonyl (C=O) groups is 2. The Morgan fingerprint density at radius 2 is 1.89 bits per heavy atom. The molecule has 0 unspecified atom stereocenters. The number of ketones is 1. The summed E-state index contributed by atoms with van der Waals surface area (Å²) >= 11 is 0. The molecule has 2 aromatic carbocycles. The first kappa shape index (κ1) is 12.0. The minimum atomic E-state index is -0.184. The normalized spacial score (nSPS) is 9.83. The van der Waals surface area contributed by atoms with E-state index >= 15 is 0 Å². The number of rotatable bonds is 4. The van der Waals surface area contributed by atoms with E-state index in [4.69, 9.17) is 4.74 Å². The lowest BCUT2D eigenvalue weighted by Crippen LogP contribution is -2.05. The molecule has 0 N–H and O–H groups in total. The minimum Gasteiger partial charge on any atom is -0.497 e. The van der Waals surface area contributed by atoms with Crippen LogP contribution in [0.15, 0.2) is 48.5 Å². The van der Waals surface area contributed by atoms with Crippen molar-refractivity contribution in [3.8, 4) is 5.75 Å². The third kappa shape index (κ3) is 2.30. The maximum Gasteiger partial charge on any atom is 0.193 e. The second-order valence-corrected chi connectivity index (χ2v) is 3.77. The Labute approximate surface area is 105 Å². The molecule has 0 amide bonds. The molecule has 18 heavy (non-hydrogen) atoms. The predicted octanol–water partition coefficient (Wildman–Crippen LogP) is 2.74. The summed E-state index contributed by atoms with van der Waals surface area (Å²) in [5, 5.41) is 0. The van der Waals surface area contributed by atoms with Crippen LogP contribution in [0.2, 0.25) is 0 Å². The molecule has 0 saturated carbocycles. The van der Waals surface area contributed by atoms with E-state index in [1.54, 1.807) is 55.6 Å². The molecule has 0 aliphatic carbocycles. The van der Waals surface area contributed by atoms with Crippen LogP contribution < -0.4 is 4.74 Å². The molecule has 90 valence electrons. The maximum atomic E-state index is 12.3. The van der Waals surface area contributed by atoms with Gasteiger partial charge in [-0.15, -0.1) is 0 Å². The van der Waals surface area contributed by atoms with E-state index in [1.807, 2.05) is 0 Å². The van der Waals surface area contributed by atoms with Crippen LogP contribution in [0.1, 0.15) is 26.3 Å².